The average molecular weight is 337 g/mol. The third-order valence-corrected chi connectivity index (χ3v) is 3.54. The highest BCUT2D eigenvalue weighted by molar-refractivity contribution is 6.32. The number of nitrogens with one attached hydrogen (secondary N) is 1. The first kappa shape index (κ1) is 17.2. The highest BCUT2D eigenvalue weighted by Gasteiger charge is 2.10. The van der Waals surface area contributed by atoms with Gasteiger partial charge in [0.2, 0.25) is 5.91 Å². The third-order valence-electron chi connectivity index (χ3n) is 3.25. The van der Waals surface area contributed by atoms with Crippen LogP contribution in [0.3, 0.4) is 0 Å². The van der Waals surface area contributed by atoms with Crippen molar-refractivity contribution < 1.29 is 13.9 Å². The molecule has 2 aromatic rings. The minimum atomic E-state index is -0.276. The number of ether oxygens (including phenoxy) is 1. The summed E-state index contributed by atoms with van der Waals surface area (Å²) < 4.78 is 18.7. The zero-order valence-corrected chi connectivity index (χ0v) is 13.7. The molecule has 0 aromatic heterocycles. The number of carbonyl (C=O) groups is 1. The number of likely N-dealkylation sites (N-methyl/N-ethyl adjacent to an activating group) is 1. The lowest BCUT2D eigenvalue weighted by atomic mass is 10.2. The third kappa shape index (κ3) is 4.94. The van der Waals surface area contributed by atoms with Crippen LogP contribution in [0.1, 0.15) is 5.56 Å². The Hall–Kier alpha value is -2.11. The van der Waals surface area contributed by atoms with Crippen LogP contribution in [0.25, 0.3) is 0 Å². The van der Waals surface area contributed by atoms with Crippen molar-refractivity contribution in [2.24, 2.45) is 0 Å². The van der Waals surface area contributed by atoms with E-state index in [0.29, 0.717) is 28.6 Å². The van der Waals surface area contributed by atoms with Crippen molar-refractivity contribution in [2.75, 3.05) is 26.0 Å². The standard InChI is InChI=1S/C17H18ClFN2O2/c1-21(10-12-5-3-4-6-15(12)19)11-17(22)20-13-7-8-16(23-2)14(18)9-13/h3-9H,10-11H2,1-2H3,(H,20,22). The second-order valence-corrected chi connectivity index (χ2v) is 5.57. The molecule has 0 saturated heterocycles. The molecule has 0 aliphatic heterocycles. The highest BCUT2D eigenvalue weighted by atomic mass is 35.5. The van der Waals surface area contributed by atoms with Gasteiger partial charge in [0.05, 0.1) is 18.7 Å². The van der Waals surface area contributed by atoms with E-state index in [0.717, 1.165) is 0 Å². The first-order valence-electron chi connectivity index (χ1n) is 7.05. The summed E-state index contributed by atoms with van der Waals surface area (Å²) in [7, 11) is 3.28. The maximum Gasteiger partial charge on any atom is 0.238 e. The molecule has 2 aromatic carbocycles. The predicted molar refractivity (Wildman–Crippen MR) is 89.4 cm³/mol. The molecule has 122 valence electrons. The van der Waals surface area contributed by atoms with Gasteiger partial charge in [0.1, 0.15) is 11.6 Å². The zero-order chi connectivity index (χ0) is 16.8. The van der Waals surface area contributed by atoms with Crippen LogP contribution in [0.2, 0.25) is 5.02 Å². The number of amides is 1. The van der Waals surface area contributed by atoms with Gasteiger partial charge >= 0.3 is 0 Å². The van der Waals surface area contributed by atoms with Crippen molar-refractivity contribution >= 4 is 23.2 Å². The summed E-state index contributed by atoms with van der Waals surface area (Å²) in [6.07, 6.45) is 0. The predicted octanol–water partition coefficient (Wildman–Crippen LogP) is 3.56. The number of carbonyl (C=O) groups excluding carboxylic acids is 1. The van der Waals surface area contributed by atoms with Crippen LogP contribution in [0.5, 0.6) is 5.75 Å². The van der Waals surface area contributed by atoms with Gasteiger partial charge in [-0.15, -0.1) is 0 Å². The van der Waals surface area contributed by atoms with E-state index in [1.807, 2.05) is 0 Å². The summed E-state index contributed by atoms with van der Waals surface area (Å²) in [5.74, 6) is 0.0631. The lowest BCUT2D eigenvalue weighted by molar-refractivity contribution is -0.117. The van der Waals surface area contributed by atoms with E-state index >= 15 is 0 Å². The lowest BCUT2D eigenvalue weighted by Gasteiger charge is -2.17. The van der Waals surface area contributed by atoms with Crippen LogP contribution in [0.15, 0.2) is 42.5 Å². The number of halogens is 2. The van der Waals surface area contributed by atoms with Crippen molar-refractivity contribution in [1.82, 2.24) is 4.90 Å². The number of benzene rings is 2. The maximum atomic E-state index is 13.6. The van der Waals surface area contributed by atoms with Crippen molar-refractivity contribution in [3.8, 4) is 5.75 Å². The molecule has 0 saturated carbocycles. The number of hydrogen-bond acceptors (Lipinski definition) is 3. The Labute approximate surface area is 139 Å². The highest BCUT2D eigenvalue weighted by Crippen LogP contribution is 2.27. The second kappa shape index (κ2) is 7.94. The number of rotatable bonds is 6. The summed E-state index contributed by atoms with van der Waals surface area (Å²) in [4.78, 5) is 13.8. The lowest BCUT2D eigenvalue weighted by Crippen LogP contribution is -2.30. The molecule has 0 bridgehead atoms. The van der Waals surface area contributed by atoms with Crippen LogP contribution >= 0.6 is 11.6 Å². The molecular weight excluding hydrogens is 319 g/mol. The Morgan fingerprint density at radius 2 is 2.04 bits per heavy atom. The number of hydrogen-bond donors (Lipinski definition) is 1. The fourth-order valence-corrected chi connectivity index (χ4v) is 2.42. The largest absolute Gasteiger partial charge is 0.495 e. The van der Waals surface area contributed by atoms with Gasteiger partial charge in [-0.2, -0.15) is 0 Å². The Kier molecular flexibility index (Phi) is 5.96. The minimum Gasteiger partial charge on any atom is -0.495 e. The second-order valence-electron chi connectivity index (χ2n) is 5.16. The van der Waals surface area contributed by atoms with Crippen LogP contribution in [0.4, 0.5) is 10.1 Å². The Morgan fingerprint density at radius 1 is 1.30 bits per heavy atom. The molecule has 0 spiro atoms. The molecule has 0 aliphatic rings. The molecule has 23 heavy (non-hydrogen) atoms. The molecule has 0 aliphatic carbocycles. The quantitative estimate of drug-likeness (QED) is 0.877. The smallest absolute Gasteiger partial charge is 0.238 e. The molecule has 0 unspecified atom stereocenters. The van der Waals surface area contributed by atoms with Crippen LogP contribution in [-0.2, 0) is 11.3 Å². The van der Waals surface area contributed by atoms with E-state index in [4.69, 9.17) is 16.3 Å². The van der Waals surface area contributed by atoms with Crippen molar-refractivity contribution in [1.29, 1.82) is 0 Å². The van der Waals surface area contributed by atoms with E-state index < -0.39 is 0 Å². The van der Waals surface area contributed by atoms with Crippen LogP contribution in [-0.4, -0.2) is 31.5 Å². The first-order chi connectivity index (χ1) is 11.0. The maximum absolute atomic E-state index is 13.6. The zero-order valence-electron chi connectivity index (χ0n) is 13.0. The Morgan fingerprint density at radius 3 is 2.70 bits per heavy atom. The summed E-state index contributed by atoms with van der Waals surface area (Å²) >= 11 is 6.02. The summed E-state index contributed by atoms with van der Waals surface area (Å²) in [6, 6.07) is 11.5. The van der Waals surface area contributed by atoms with E-state index in [1.165, 1.54) is 13.2 Å². The van der Waals surface area contributed by atoms with Gasteiger partial charge in [-0.25, -0.2) is 4.39 Å². The molecular formula is C17H18ClFN2O2. The normalized spacial score (nSPS) is 10.7. The van der Waals surface area contributed by atoms with E-state index in [2.05, 4.69) is 5.32 Å². The molecule has 0 radical (unpaired) electrons. The summed E-state index contributed by atoms with van der Waals surface area (Å²) in [6.45, 7) is 0.488. The van der Waals surface area contributed by atoms with E-state index in [9.17, 15) is 9.18 Å². The van der Waals surface area contributed by atoms with E-state index in [-0.39, 0.29) is 18.3 Å². The molecule has 1 N–H and O–H groups in total. The van der Waals surface area contributed by atoms with Crippen molar-refractivity contribution in [3.63, 3.8) is 0 Å². The van der Waals surface area contributed by atoms with E-state index in [1.54, 1.807) is 48.3 Å². The monoisotopic (exact) mass is 336 g/mol. The molecule has 0 heterocycles. The molecule has 4 nitrogen and oxygen atoms in total. The Bertz CT molecular complexity index is 694. The van der Waals surface area contributed by atoms with Gasteiger partial charge in [-0.05, 0) is 31.3 Å². The number of nitrogens with zero attached hydrogens (tertiary/aromatic N) is 1. The molecule has 2 rings (SSSR count). The summed E-state index contributed by atoms with van der Waals surface area (Å²) in [5.41, 5.74) is 1.13. The van der Waals surface area contributed by atoms with Gasteiger partial charge in [-0.1, -0.05) is 29.8 Å². The van der Waals surface area contributed by atoms with Gasteiger partial charge in [0, 0.05) is 17.8 Å². The molecule has 6 heteroatoms. The molecule has 1 amide bonds. The number of methoxy groups -OCH3 is 1. The molecule has 0 fully saturated rings. The Balaban J connectivity index is 1.91. The minimum absolute atomic E-state index is 0.137. The number of anilines is 1. The summed E-state index contributed by atoms with van der Waals surface area (Å²) in [5, 5.41) is 3.17. The fourth-order valence-electron chi connectivity index (χ4n) is 2.16. The average Bonchev–Trinajstić information content (AvgIpc) is 2.49. The first-order valence-corrected chi connectivity index (χ1v) is 7.42. The SMILES string of the molecule is COc1ccc(NC(=O)CN(C)Cc2ccccc2F)cc1Cl. The van der Waals surface area contributed by atoms with Gasteiger partial charge in [0.15, 0.2) is 0 Å². The fraction of sp³-hybridized carbons (Fsp3) is 0.235. The van der Waals surface area contributed by atoms with Crippen molar-refractivity contribution in [2.45, 2.75) is 6.54 Å². The van der Waals surface area contributed by atoms with Crippen LogP contribution in [0, 0.1) is 5.82 Å². The van der Waals surface area contributed by atoms with Gasteiger partial charge in [0.25, 0.3) is 0 Å². The molecule has 0 atom stereocenters. The van der Waals surface area contributed by atoms with Gasteiger partial charge in [-0.3, -0.25) is 9.69 Å². The van der Waals surface area contributed by atoms with Crippen molar-refractivity contribution in [3.05, 3.63) is 58.9 Å². The van der Waals surface area contributed by atoms with Crippen LogP contribution < -0.4 is 10.1 Å². The topological polar surface area (TPSA) is 41.6 Å². The van der Waals surface area contributed by atoms with Gasteiger partial charge < -0.3 is 10.1 Å².